The lowest BCUT2D eigenvalue weighted by molar-refractivity contribution is -0.128. The van der Waals surface area contributed by atoms with Crippen molar-refractivity contribution >= 4 is 21.6 Å². The summed E-state index contributed by atoms with van der Waals surface area (Å²) in [5, 5.41) is 2.81. The molecule has 34 heavy (non-hydrogen) atoms. The van der Waals surface area contributed by atoms with Crippen LogP contribution in [0.1, 0.15) is 5.56 Å². The number of carbonyl (C=O) groups is 1. The van der Waals surface area contributed by atoms with Gasteiger partial charge in [0.2, 0.25) is 0 Å². The summed E-state index contributed by atoms with van der Waals surface area (Å²) in [4.78, 5) is 13.1. The van der Waals surface area contributed by atoms with Crippen molar-refractivity contribution in [3.63, 3.8) is 0 Å². The van der Waals surface area contributed by atoms with Crippen LogP contribution in [0.5, 0.6) is 17.2 Å². The van der Waals surface area contributed by atoms with E-state index in [0.29, 0.717) is 29.5 Å². The summed E-state index contributed by atoms with van der Waals surface area (Å²) in [5.74, 6) is 1.18. The van der Waals surface area contributed by atoms with Crippen LogP contribution in [0.4, 0.5) is 5.69 Å². The Kier molecular flexibility index (Phi) is 5.79. The molecule has 2 atom stereocenters. The largest absolute Gasteiger partial charge is 0.486 e. The summed E-state index contributed by atoms with van der Waals surface area (Å²) in [5.41, 5.74) is 1.35. The van der Waals surface area contributed by atoms with Gasteiger partial charge < -0.3 is 19.5 Å². The molecular weight excluding hydrogens is 456 g/mol. The van der Waals surface area contributed by atoms with Crippen molar-refractivity contribution in [2.24, 2.45) is 0 Å². The second-order valence-corrected chi connectivity index (χ2v) is 10.0. The first-order chi connectivity index (χ1) is 16.4. The Hall–Kier alpha value is -3.72. The molecule has 2 heterocycles. The molecule has 0 saturated heterocycles. The zero-order valence-electron chi connectivity index (χ0n) is 18.5. The molecule has 0 saturated carbocycles. The third-order valence-electron chi connectivity index (χ3n) is 5.71. The number of aryl methyl sites for hydroxylation is 1. The highest BCUT2D eigenvalue weighted by molar-refractivity contribution is 7.92. The molecule has 3 aromatic carbocycles. The zero-order valence-corrected chi connectivity index (χ0v) is 19.3. The second kappa shape index (κ2) is 8.90. The van der Waals surface area contributed by atoms with Crippen molar-refractivity contribution < 1.29 is 27.4 Å². The number of amides is 1. The van der Waals surface area contributed by atoms with Crippen molar-refractivity contribution in [2.75, 3.05) is 24.0 Å². The molecule has 0 spiro atoms. The number of benzene rings is 3. The third-order valence-corrected chi connectivity index (χ3v) is 7.50. The Morgan fingerprint density at radius 2 is 1.62 bits per heavy atom. The summed E-state index contributed by atoms with van der Waals surface area (Å²) in [6.45, 7) is 2.23. The maximum absolute atomic E-state index is 13.5. The zero-order chi connectivity index (χ0) is 23.7. The molecule has 0 aromatic heterocycles. The molecule has 176 valence electrons. The average molecular weight is 481 g/mol. The van der Waals surface area contributed by atoms with E-state index in [-0.39, 0.29) is 24.1 Å². The number of nitrogens with one attached hydrogen (secondary N) is 1. The SMILES string of the molecule is Cc1ccc(S(=O)(=O)N2CC(C(=O)NCC3COc4ccccc4O3)Oc3ccccc32)cc1. The Morgan fingerprint density at radius 3 is 2.38 bits per heavy atom. The number of carbonyl (C=O) groups excluding carboxylic acids is 1. The van der Waals surface area contributed by atoms with Gasteiger partial charge in [0.05, 0.1) is 23.7 Å². The fourth-order valence-corrected chi connectivity index (χ4v) is 5.37. The molecular formula is C25H24N2O6S. The lowest BCUT2D eigenvalue weighted by Crippen LogP contribution is -2.52. The summed E-state index contributed by atoms with van der Waals surface area (Å²) in [6.07, 6.45) is -1.39. The molecule has 2 aliphatic heterocycles. The van der Waals surface area contributed by atoms with Gasteiger partial charge in [-0.1, -0.05) is 42.0 Å². The van der Waals surface area contributed by atoms with Crippen molar-refractivity contribution in [1.29, 1.82) is 0 Å². The number of fused-ring (bicyclic) bond motifs is 2. The highest BCUT2D eigenvalue weighted by Gasteiger charge is 2.37. The molecule has 0 bridgehead atoms. The van der Waals surface area contributed by atoms with Crippen LogP contribution in [0.2, 0.25) is 0 Å². The minimum atomic E-state index is -3.90. The molecule has 0 radical (unpaired) electrons. The molecule has 2 aliphatic rings. The molecule has 1 amide bonds. The van der Waals surface area contributed by atoms with E-state index in [1.165, 1.54) is 4.31 Å². The standard InChI is InChI=1S/C25H24N2O6S/c1-17-10-12-19(13-11-17)34(29,30)27-15-24(33-21-7-3-2-6-20(21)27)25(28)26-14-18-16-31-22-8-4-5-9-23(22)32-18/h2-13,18,24H,14-16H2,1H3,(H,26,28). The predicted octanol–water partition coefficient (Wildman–Crippen LogP) is 2.91. The monoisotopic (exact) mass is 480 g/mol. The number of ether oxygens (including phenoxy) is 3. The van der Waals surface area contributed by atoms with Gasteiger partial charge in [0.1, 0.15) is 18.5 Å². The van der Waals surface area contributed by atoms with Crippen LogP contribution < -0.4 is 23.8 Å². The minimum absolute atomic E-state index is 0.149. The number of hydrogen-bond donors (Lipinski definition) is 1. The van der Waals surface area contributed by atoms with Gasteiger partial charge in [0.25, 0.3) is 15.9 Å². The van der Waals surface area contributed by atoms with Crippen LogP contribution in [-0.2, 0) is 14.8 Å². The van der Waals surface area contributed by atoms with Gasteiger partial charge in [-0.05, 0) is 43.3 Å². The van der Waals surface area contributed by atoms with Gasteiger partial charge in [0, 0.05) is 0 Å². The lowest BCUT2D eigenvalue weighted by Gasteiger charge is -2.35. The molecule has 0 fully saturated rings. The topological polar surface area (TPSA) is 94.2 Å². The Bertz CT molecular complexity index is 1310. The fourth-order valence-electron chi connectivity index (χ4n) is 3.90. The highest BCUT2D eigenvalue weighted by Crippen LogP contribution is 2.37. The van der Waals surface area contributed by atoms with Gasteiger partial charge in [0.15, 0.2) is 17.6 Å². The molecule has 2 unspecified atom stereocenters. The summed E-state index contributed by atoms with van der Waals surface area (Å²) in [6, 6.07) is 20.7. The number of nitrogens with zero attached hydrogens (tertiary/aromatic N) is 1. The van der Waals surface area contributed by atoms with Crippen LogP contribution >= 0.6 is 0 Å². The van der Waals surface area contributed by atoms with E-state index in [1.807, 2.05) is 25.1 Å². The summed E-state index contributed by atoms with van der Waals surface area (Å²) >= 11 is 0. The van der Waals surface area contributed by atoms with Gasteiger partial charge in [-0.3, -0.25) is 9.10 Å². The Morgan fingerprint density at radius 1 is 0.941 bits per heavy atom. The van der Waals surface area contributed by atoms with E-state index >= 15 is 0 Å². The Labute approximate surface area is 198 Å². The normalized spacial score (nSPS) is 19.0. The quantitative estimate of drug-likeness (QED) is 0.604. The van der Waals surface area contributed by atoms with Crippen LogP contribution in [0.3, 0.4) is 0 Å². The van der Waals surface area contributed by atoms with Crippen LogP contribution in [0.25, 0.3) is 0 Å². The van der Waals surface area contributed by atoms with E-state index in [1.54, 1.807) is 54.6 Å². The van der Waals surface area contributed by atoms with Crippen LogP contribution in [-0.4, -0.2) is 46.2 Å². The number of para-hydroxylation sites is 4. The van der Waals surface area contributed by atoms with E-state index in [4.69, 9.17) is 14.2 Å². The first kappa shape index (κ1) is 22.1. The number of anilines is 1. The molecule has 0 aliphatic carbocycles. The molecule has 3 aromatic rings. The molecule has 1 N–H and O–H groups in total. The highest BCUT2D eigenvalue weighted by atomic mass is 32.2. The van der Waals surface area contributed by atoms with E-state index in [2.05, 4.69) is 5.32 Å². The number of hydrogen-bond acceptors (Lipinski definition) is 6. The lowest BCUT2D eigenvalue weighted by atomic mass is 10.2. The smallest absolute Gasteiger partial charge is 0.264 e. The maximum Gasteiger partial charge on any atom is 0.264 e. The van der Waals surface area contributed by atoms with Gasteiger partial charge in [-0.15, -0.1) is 0 Å². The maximum atomic E-state index is 13.5. The first-order valence-corrected chi connectivity index (χ1v) is 12.4. The van der Waals surface area contributed by atoms with E-state index in [9.17, 15) is 13.2 Å². The van der Waals surface area contributed by atoms with Crippen molar-refractivity contribution in [1.82, 2.24) is 5.32 Å². The van der Waals surface area contributed by atoms with E-state index in [0.717, 1.165) is 5.56 Å². The molecule has 9 heteroatoms. The Balaban J connectivity index is 1.32. The first-order valence-electron chi connectivity index (χ1n) is 10.9. The molecule has 8 nitrogen and oxygen atoms in total. The van der Waals surface area contributed by atoms with Crippen molar-refractivity contribution in [2.45, 2.75) is 24.0 Å². The predicted molar refractivity (Wildman–Crippen MR) is 126 cm³/mol. The minimum Gasteiger partial charge on any atom is -0.486 e. The van der Waals surface area contributed by atoms with Crippen LogP contribution in [0.15, 0.2) is 77.7 Å². The van der Waals surface area contributed by atoms with Crippen LogP contribution in [0, 0.1) is 6.92 Å². The number of sulfonamides is 1. The molecule has 5 rings (SSSR count). The van der Waals surface area contributed by atoms with Crippen molar-refractivity contribution in [3.05, 3.63) is 78.4 Å². The fraction of sp³-hybridized carbons (Fsp3) is 0.240. The number of rotatable bonds is 5. The van der Waals surface area contributed by atoms with Gasteiger partial charge in [-0.25, -0.2) is 8.42 Å². The summed E-state index contributed by atoms with van der Waals surface area (Å²) < 4.78 is 45.6. The third kappa shape index (κ3) is 4.26. The van der Waals surface area contributed by atoms with Gasteiger partial charge in [-0.2, -0.15) is 0 Å². The average Bonchev–Trinajstić information content (AvgIpc) is 2.86. The van der Waals surface area contributed by atoms with E-state index < -0.39 is 22.0 Å². The summed E-state index contributed by atoms with van der Waals surface area (Å²) in [7, 11) is -3.90. The van der Waals surface area contributed by atoms with Gasteiger partial charge >= 0.3 is 0 Å². The second-order valence-electron chi connectivity index (χ2n) is 8.17. The van der Waals surface area contributed by atoms with Crippen molar-refractivity contribution in [3.8, 4) is 17.2 Å².